The lowest BCUT2D eigenvalue weighted by atomic mass is 9.96. The number of carbonyl (C=O) groups is 1. The Morgan fingerprint density at radius 2 is 2.00 bits per heavy atom. The first-order valence-electron chi connectivity index (χ1n) is 8.59. The van der Waals surface area contributed by atoms with Gasteiger partial charge in [-0.3, -0.25) is 0 Å². The van der Waals surface area contributed by atoms with Crippen molar-refractivity contribution in [3.05, 3.63) is 65.2 Å². The zero-order valence-corrected chi connectivity index (χ0v) is 14.4. The van der Waals surface area contributed by atoms with Crippen molar-refractivity contribution >= 4 is 6.03 Å². The summed E-state index contributed by atoms with van der Waals surface area (Å²) in [4.78, 5) is 11.9. The summed E-state index contributed by atoms with van der Waals surface area (Å²) in [7, 11) is 0. The Kier molecular flexibility index (Phi) is 5.24. The summed E-state index contributed by atoms with van der Waals surface area (Å²) in [5, 5.41) is 16.0. The predicted octanol–water partition coefficient (Wildman–Crippen LogP) is 2.37. The molecule has 0 unspecified atom stereocenters. The van der Waals surface area contributed by atoms with Crippen LogP contribution < -0.4 is 15.4 Å². The van der Waals surface area contributed by atoms with Crippen molar-refractivity contribution in [2.45, 2.75) is 25.4 Å². The van der Waals surface area contributed by atoms with Crippen molar-refractivity contribution < 1.29 is 14.6 Å². The molecule has 5 nitrogen and oxygen atoms in total. The molecular formula is C20H24N2O3. The molecule has 0 fully saturated rings. The minimum absolute atomic E-state index is 0.152. The van der Waals surface area contributed by atoms with Crippen molar-refractivity contribution in [2.75, 3.05) is 19.7 Å². The molecule has 0 radical (unpaired) electrons. The average molecular weight is 340 g/mol. The number of hydrogen-bond acceptors (Lipinski definition) is 3. The van der Waals surface area contributed by atoms with Gasteiger partial charge in [-0.25, -0.2) is 4.79 Å². The molecule has 25 heavy (non-hydrogen) atoms. The summed E-state index contributed by atoms with van der Waals surface area (Å²) >= 11 is 0. The third kappa shape index (κ3) is 4.51. The average Bonchev–Trinajstić information content (AvgIpc) is 3.09. The number of fused-ring (bicyclic) bond motifs is 1. The van der Waals surface area contributed by atoms with E-state index in [9.17, 15) is 9.90 Å². The minimum Gasteiger partial charge on any atom is -0.493 e. The number of carbonyl (C=O) groups excluding carboxylic acids is 1. The quantitative estimate of drug-likeness (QED) is 0.756. The monoisotopic (exact) mass is 340 g/mol. The first-order chi connectivity index (χ1) is 12.0. The van der Waals surface area contributed by atoms with Crippen molar-refractivity contribution in [3.63, 3.8) is 0 Å². The number of urea groups is 1. The normalized spacial score (nSPS) is 15.0. The maximum Gasteiger partial charge on any atom is 0.314 e. The van der Waals surface area contributed by atoms with Gasteiger partial charge in [0.1, 0.15) is 11.4 Å². The Labute approximate surface area is 148 Å². The number of ether oxygens (including phenoxy) is 1. The Balaban J connectivity index is 1.42. The molecule has 1 aliphatic heterocycles. The first kappa shape index (κ1) is 17.3. The second-order valence-corrected chi connectivity index (χ2v) is 6.54. The summed E-state index contributed by atoms with van der Waals surface area (Å²) in [6.07, 6.45) is 1.71. The van der Waals surface area contributed by atoms with Crippen molar-refractivity contribution in [1.29, 1.82) is 0 Å². The Morgan fingerprint density at radius 3 is 2.80 bits per heavy atom. The zero-order chi connectivity index (χ0) is 17.7. The van der Waals surface area contributed by atoms with Gasteiger partial charge in [-0.15, -0.1) is 0 Å². The van der Waals surface area contributed by atoms with E-state index in [-0.39, 0.29) is 12.6 Å². The Hall–Kier alpha value is -2.53. The number of amides is 2. The number of nitrogens with one attached hydrogen (secondary N) is 2. The van der Waals surface area contributed by atoms with Crippen LogP contribution in [-0.4, -0.2) is 30.8 Å². The summed E-state index contributed by atoms with van der Waals surface area (Å²) in [5.74, 6) is 0.970. The van der Waals surface area contributed by atoms with Crippen LogP contribution in [0.2, 0.25) is 0 Å². The summed E-state index contributed by atoms with van der Waals surface area (Å²) in [6, 6.07) is 15.2. The van der Waals surface area contributed by atoms with Crippen LogP contribution in [0, 0.1) is 0 Å². The molecule has 2 aromatic rings. The predicted molar refractivity (Wildman–Crippen MR) is 96.8 cm³/mol. The van der Waals surface area contributed by atoms with Crippen LogP contribution in [-0.2, 0) is 18.4 Å². The van der Waals surface area contributed by atoms with Gasteiger partial charge < -0.3 is 20.5 Å². The lowest BCUT2D eigenvalue weighted by Gasteiger charge is -2.24. The maximum atomic E-state index is 11.9. The maximum absolute atomic E-state index is 11.9. The molecular weight excluding hydrogens is 316 g/mol. The smallest absolute Gasteiger partial charge is 0.314 e. The fraction of sp³-hybridized carbons (Fsp3) is 0.350. The number of rotatable bonds is 6. The highest BCUT2D eigenvalue weighted by atomic mass is 16.5. The van der Waals surface area contributed by atoms with E-state index in [0.29, 0.717) is 6.54 Å². The first-order valence-corrected chi connectivity index (χ1v) is 8.59. The van der Waals surface area contributed by atoms with Gasteiger partial charge >= 0.3 is 6.03 Å². The molecule has 1 aliphatic rings. The molecule has 0 saturated heterocycles. The van der Waals surface area contributed by atoms with E-state index < -0.39 is 5.60 Å². The third-order valence-electron chi connectivity index (χ3n) is 4.44. The van der Waals surface area contributed by atoms with Gasteiger partial charge in [-0.05, 0) is 36.1 Å². The van der Waals surface area contributed by atoms with E-state index in [0.717, 1.165) is 30.8 Å². The highest BCUT2D eigenvalue weighted by molar-refractivity contribution is 5.73. The molecule has 3 N–H and O–H groups in total. The van der Waals surface area contributed by atoms with E-state index in [1.807, 2.05) is 42.5 Å². The fourth-order valence-corrected chi connectivity index (χ4v) is 2.93. The van der Waals surface area contributed by atoms with Crippen LogP contribution >= 0.6 is 0 Å². The molecule has 0 bridgehead atoms. The number of hydrogen-bond donors (Lipinski definition) is 3. The van der Waals surface area contributed by atoms with Gasteiger partial charge in [-0.2, -0.15) is 0 Å². The van der Waals surface area contributed by atoms with E-state index >= 15 is 0 Å². The van der Waals surface area contributed by atoms with Gasteiger partial charge in [0.15, 0.2) is 0 Å². The number of aliphatic hydroxyl groups is 1. The van der Waals surface area contributed by atoms with Crippen molar-refractivity contribution in [1.82, 2.24) is 10.6 Å². The number of benzene rings is 2. The second-order valence-electron chi connectivity index (χ2n) is 6.54. The molecule has 2 amide bonds. The van der Waals surface area contributed by atoms with Crippen molar-refractivity contribution in [2.24, 2.45) is 0 Å². The van der Waals surface area contributed by atoms with E-state index in [1.54, 1.807) is 6.92 Å². The largest absolute Gasteiger partial charge is 0.493 e. The van der Waals surface area contributed by atoms with Crippen LogP contribution in [0.3, 0.4) is 0 Å². The fourth-order valence-electron chi connectivity index (χ4n) is 2.93. The minimum atomic E-state index is -1.10. The third-order valence-corrected chi connectivity index (χ3v) is 4.44. The van der Waals surface area contributed by atoms with Gasteiger partial charge in [0.2, 0.25) is 0 Å². The Bertz CT molecular complexity index is 729. The summed E-state index contributed by atoms with van der Waals surface area (Å²) in [5.41, 5.74) is 2.09. The molecule has 0 spiro atoms. The van der Waals surface area contributed by atoms with Gasteiger partial charge in [0, 0.05) is 13.0 Å². The summed E-state index contributed by atoms with van der Waals surface area (Å²) < 4.78 is 5.49. The van der Waals surface area contributed by atoms with E-state index in [4.69, 9.17) is 4.74 Å². The van der Waals surface area contributed by atoms with Gasteiger partial charge in [0.25, 0.3) is 0 Å². The zero-order valence-electron chi connectivity index (χ0n) is 14.4. The van der Waals surface area contributed by atoms with E-state index in [1.165, 1.54) is 11.1 Å². The molecule has 0 saturated carbocycles. The second kappa shape index (κ2) is 7.57. The van der Waals surface area contributed by atoms with Gasteiger partial charge in [-0.1, -0.05) is 42.5 Å². The lowest BCUT2D eigenvalue weighted by molar-refractivity contribution is 0.0594. The molecule has 2 aromatic carbocycles. The van der Waals surface area contributed by atoms with Crippen LogP contribution in [0.5, 0.6) is 5.75 Å². The molecule has 0 aliphatic carbocycles. The topological polar surface area (TPSA) is 70.6 Å². The van der Waals surface area contributed by atoms with Gasteiger partial charge in [0.05, 0.1) is 13.2 Å². The highest BCUT2D eigenvalue weighted by Gasteiger charge is 2.23. The van der Waals surface area contributed by atoms with Crippen LogP contribution in [0.4, 0.5) is 4.79 Å². The molecule has 5 heteroatoms. The van der Waals surface area contributed by atoms with Crippen LogP contribution in [0.15, 0.2) is 48.5 Å². The molecule has 3 rings (SSSR count). The van der Waals surface area contributed by atoms with Crippen LogP contribution in [0.1, 0.15) is 23.6 Å². The lowest BCUT2D eigenvalue weighted by Crippen LogP contribution is -2.43. The van der Waals surface area contributed by atoms with E-state index in [2.05, 4.69) is 16.7 Å². The Morgan fingerprint density at radius 1 is 1.20 bits per heavy atom. The summed E-state index contributed by atoms with van der Waals surface area (Å²) in [6.45, 7) is 3.13. The molecule has 1 heterocycles. The standard InChI is InChI=1S/C20H24N2O3/c1-20(24,17-5-3-2-4-6-17)14-22-19(23)21-11-9-15-7-8-18-16(13-15)10-12-25-18/h2-8,13,24H,9-12,14H2,1H3,(H2,21,22,23)/t20-/m1/s1. The molecule has 1 atom stereocenters. The molecule has 0 aromatic heterocycles. The van der Waals surface area contributed by atoms with Crippen LogP contribution in [0.25, 0.3) is 0 Å². The highest BCUT2D eigenvalue weighted by Crippen LogP contribution is 2.25. The molecule has 132 valence electrons. The SMILES string of the molecule is C[C@@](O)(CNC(=O)NCCc1ccc2c(c1)CCO2)c1ccccc1. The van der Waals surface area contributed by atoms with Crippen molar-refractivity contribution in [3.8, 4) is 5.75 Å².